The van der Waals surface area contributed by atoms with Crippen molar-refractivity contribution >= 4 is 11.7 Å². The molecule has 0 saturated heterocycles. The summed E-state index contributed by atoms with van der Waals surface area (Å²) in [6.07, 6.45) is -3.22. The number of amidine groups is 1. The molecule has 1 atom stereocenters. The van der Waals surface area contributed by atoms with Gasteiger partial charge in [0.15, 0.2) is 0 Å². The van der Waals surface area contributed by atoms with Crippen molar-refractivity contribution in [3.8, 4) is 0 Å². The first kappa shape index (κ1) is 17.1. The monoisotopic (exact) mass is 365 g/mol. The predicted octanol–water partition coefficient (Wildman–Crippen LogP) is 3.54. The lowest BCUT2D eigenvalue weighted by Gasteiger charge is -2.25. The Morgan fingerprint density at radius 2 is 2.12 bits per heavy atom. The third-order valence-electron chi connectivity index (χ3n) is 5.42. The molecule has 1 aliphatic carbocycles. The Morgan fingerprint density at radius 1 is 1.31 bits per heavy atom. The number of carbonyl (C=O) groups is 1. The summed E-state index contributed by atoms with van der Waals surface area (Å²) in [5, 5.41) is 8.89. The number of nitrogens with one attached hydrogen (secondary N) is 1. The molecule has 0 fully saturated rings. The van der Waals surface area contributed by atoms with Gasteiger partial charge in [-0.05, 0) is 42.0 Å². The number of hydrogen-bond acceptors (Lipinski definition) is 4. The highest BCUT2D eigenvalue weighted by atomic mass is 19.4. The second-order valence-electron chi connectivity index (χ2n) is 6.98. The molecular weight excluding hydrogens is 347 g/mol. The second-order valence-corrected chi connectivity index (χ2v) is 6.98. The molecule has 2 N–H and O–H groups in total. The van der Waals surface area contributed by atoms with Crippen LogP contribution in [0.3, 0.4) is 0 Å². The summed E-state index contributed by atoms with van der Waals surface area (Å²) in [4.78, 5) is 18.4. The number of alkyl halides is 3. The van der Waals surface area contributed by atoms with Crippen molar-refractivity contribution in [3.05, 3.63) is 46.2 Å². The summed E-state index contributed by atoms with van der Waals surface area (Å²) in [5.74, 6) is -1.07. The van der Waals surface area contributed by atoms with Crippen LogP contribution in [0.25, 0.3) is 0 Å². The molecule has 3 aliphatic rings. The maximum Gasteiger partial charge on any atom is 0.392 e. The average Bonchev–Trinajstić information content (AvgIpc) is 3.22. The lowest BCUT2D eigenvalue weighted by molar-refractivity contribution is -0.176. The van der Waals surface area contributed by atoms with E-state index in [-0.39, 0.29) is 12.8 Å². The molecule has 8 heteroatoms. The number of aliphatic imine (C=N–C) groups is 1. The van der Waals surface area contributed by atoms with Crippen molar-refractivity contribution in [2.75, 3.05) is 0 Å². The minimum atomic E-state index is -4.16. The van der Waals surface area contributed by atoms with E-state index in [0.717, 1.165) is 28.2 Å². The minimum absolute atomic E-state index is 0.0325. The number of rotatable bonds is 1. The zero-order valence-corrected chi connectivity index (χ0v) is 13.9. The van der Waals surface area contributed by atoms with E-state index < -0.39 is 18.0 Å². The van der Waals surface area contributed by atoms with Gasteiger partial charge in [0.1, 0.15) is 5.84 Å². The molecule has 4 rings (SSSR count). The number of benzene rings is 1. The number of carbonyl (C=O) groups excluding carboxylic acids is 1. The van der Waals surface area contributed by atoms with Crippen LogP contribution in [0.4, 0.5) is 13.2 Å². The van der Waals surface area contributed by atoms with Gasteiger partial charge in [-0.3, -0.25) is 10.0 Å². The van der Waals surface area contributed by atoms with Gasteiger partial charge in [-0.2, -0.15) is 13.2 Å². The maximum absolute atomic E-state index is 13.0. The highest BCUT2D eigenvalue weighted by Crippen LogP contribution is 2.44. The first-order valence-corrected chi connectivity index (χ1v) is 8.52. The molecule has 0 spiro atoms. The molecule has 1 amide bonds. The SMILES string of the molecule is O=C(NO)c1cccc2c1CN(C1=NC3=C(C1)CC(C(F)(F)F)CC3)C2. The van der Waals surface area contributed by atoms with Crippen molar-refractivity contribution in [1.82, 2.24) is 10.4 Å². The highest BCUT2D eigenvalue weighted by Gasteiger charge is 2.43. The van der Waals surface area contributed by atoms with Crippen molar-refractivity contribution in [1.29, 1.82) is 0 Å². The topological polar surface area (TPSA) is 64.9 Å². The van der Waals surface area contributed by atoms with E-state index in [1.807, 2.05) is 11.0 Å². The summed E-state index contributed by atoms with van der Waals surface area (Å²) in [6.45, 7) is 1.02. The highest BCUT2D eigenvalue weighted by molar-refractivity contribution is 5.96. The molecule has 138 valence electrons. The van der Waals surface area contributed by atoms with E-state index in [1.165, 1.54) is 0 Å². The maximum atomic E-state index is 13.0. The molecule has 2 heterocycles. The van der Waals surface area contributed by atoms with E-state index in [0.29, 0.717) is 31.5 Å². The summed E-state index contributed by atoms with van der Waals surface area (Å²) >= 11 is 0. The zero-order valence-electron chi connectivity index (χ0n) is 13.9. The minimum Gasteiger partial charge on any atom is -0.351 e. The predicted molar refractivity (Wildman–Crippen MR) is 87.4 cm³/mol. The average molecular weight is 365 g/mol. The molecule has 1 aromatic rings. The normalized spacial score (nSPS) is 22.2. The molecule has 0 bridgehead atoms. The van der Waals surface area contributed by atoms with Gasteiger partial charge in [0.2, 0.25) is 0 Å². The van der Waals surface area contributed by atoms with Crippen molar-refractivity contribution in [3.63, 3.8) is 0 Å². The van der Waals surface area contributed by atoms with Gasteiger partial charge >= 0.3 is 6.18 Å². The van der Waals surface area contributed by atoms with Crippen LogP contribution in [0.1, 0.15) is 47.2 Å². The summed E-state index contributed by atoms with van der Waals surface area (Å²) < 4.78 is 39.0. The van der Waals surface area contributed by atoms with Crippen molar-refractivity contribution in [2.24, 2.45) is 10.9 Å². The van der Waals surface area contributed by atoms with Gasteiger partial charge in [-0.1, -0.05) is 12.1 Å². The number of fused-ring (bicyclic) bond motifs is 1. The van der Waals surface area contributed by atoms with E-state index in [1.54, 1.807) is 17.6 Å². The number of hydroxylamine groups is 1. The number of halogens is 3. The van der Waals surface area contributed by atoms with Gasteiger partial charge in [0.25, 0.3) is 5.91 Å². The molecule has 2 aliphatic heterocycles. The van der Waals surface area contributed by atoms with E-state index in [4.69, 9.17) is 5.21 Å². The molecule has 1 aromatic carbocycles. The standard InChI is InChI=1S/C18H18F3N3O2/c19-18(20,21)12-4-5-15-11(6-12)7-16(22-15)24-8-10-2-1-3-13(14(10)9-24)17(25)23-26/h1-3,12,26H,4-9H2,(H,23,25). The smallest absolute Gasteiger partial charge is 0.351 e. The fraction of sp³-hybridized carbons (Fsp3) is 0.444. The van der Waals surface area contributed by atoms with E-state index in [2.05, 4.69) is 4.99 Å². The van der Waals surface area contributed by atoms with E-state index >= 15 is 0 Å². The van der Waals surface area contributed by atoms with Crippen molar-refractivity contribution in [2.45, 2.75) is 44.9 Å². The van der Waals surface area contributed by atoms with Crippen LogP contribution in [0, 0.1) is 5.92 Å². The number of allylic oxidation sites excluding steroid dienone is 1. The molecule has 0 aromatic heterocycles. The van der Waals surface area contributed by atoms with Crippen LogP contribution in [0.5, 0.6) is 0 Å². The Balaban J connectivity index is 1.50. The van der Waals surface area contributed by atoms with Crippen LogP contribution >= 0.6 is 0 Å². The third kappa shape index (κ3) is 2.88. The number of nitrogens with zero attached hydrogens (tertiary/aromatic N) is 2. The third-order valence-corrected chi connectivity index (χ3v) is 5.42. The largest absolute Gasteiger partial charge is 0.392 e. The Kier molecular flexibility index (Phi) is 4.02. The Morgan fingerprint density at radius 3 is 2.85 bits per heavy atom. The molecule has 0 saturated carbocycles. The fourth-order valence-electron chi connectivity index (χ4n) is 4.04. The van der Waals surface area contributed by atoms with Crippen LogP contribution < -0.4 is 5.48 Å². The van der Waals surface area contributed by atoms with Crippen LogP contribution in [-0.4, -0.2) is 28.0 Å². The number of amides is 1. The lowest BCUT2D eigenvalue weighted by Crippen LogP contribution is -2.27. The molecule has 26 heavy (non-hydrogen) atoms. The first-order chi connectivity index (χ1) is 12.4. The van der Waals surface area contributed by atoms with Gasteiger partial charge in [0, 0.05) is 30.8 Å². The van der Waals surface area contributed by atoms with Crippen molar-refractivity contribution < 1.29 is 23.2 Å². The van der Waals surface area contributed by atoms with Gasteiger partial charge < -0.3 is 4.90 Å². The van der Waals surface area contributed by atoms with Crippen LogP contribution in [0.2, 0.25) is 0 Å². The van der Waals surface area contributed by atoms with Crippen LogP contribution in [0.15, 0.2) is 34.5 Å². The summed E-state index contributed by atoms with van der Waals surface area (Å²) in [5.41, 5.74) is 5.43. The lowest BCUT2D eigenvalue weighted by atomic mass is 9.86. The Bertz CT molecular complexity index is 829. The molecule has 1 unspecified atom stereocenters. The van der Waals surface area contributed by atoms with Gasteiger partial charge in [-0.15, -0.1) is 0 Å². The second kappa shape index (κ2) is 6.12. The first-order valence-electron chi connectivity index (χ1n) is 8.52. The van der Waals surface area contributed by atoms with E-state index in [9.17, 15) is 18.0 Å². The molecule has 5 nitrogen and oxygen atoms in total. The van der Waals surface area contributed by atoms with Gasteiger partial charge in [-0.25, -0.2) is 10.5 Å². The quantitative estimate of drug-likeness (QED) is 0.591. The van der Waals surface area contributed by atoms with Gasteiger partial charge in [0.05, 0.1) is 5.92 Å². The zero-order chi connectivity index (χ0) is 18.5. The number of hydrogen-bond donors (Lipinski definition) is 2. The Hall–Kier alpha value is -2.35. The fourth-order valence-corrected chi connectivity index (χ4v) is 4.04. The van der Waals surface area contributed by atoms with Crippen LogP contribution in [-0.2, 0) is 13.1 Å². The Labute approximate surface area is 148 Å². The summed E-state index contributed by atoms with van der Waals surface area (Å²) in [6, 6.07) is 5.30. The molecule has 0 radical (unpaired) electrons. The molecular formula is C18H18F3N3O2. The summed E-state index contributed by atoms with van der Waals surface area (Å²) in [7, 11) is 0.